The number of thiophene rings is 1. The van der Waals surface area contributed by atoms with Gasteiger partial charge in [0.2, 0.25) is 5.91 Å². The average molecular weight is 478 g/mol. The molecular weight excluding hydrogens is 446 g/mol. The van der Waals surface area contributed by atoms with E-state index >= 15 is 0 Å². The minimum atomic E-state index is -0.275. The lowest BCUT2D eigenvalue weighted by atomic mass is 10.2. The molecule has 1 fully saturated rings. The van der Waals surface area contributed by atoms with Crippen LogP contribution in [0.15, 0.2) is 72.1 Å². The third-order valence-corrected chi connectivity index (χ3v) is 6.57. The second-order valence-electron chi connectivity index (χ2n) is 8.50. The van der Waals surface area contributed by atoms with Crippen LogP contribution in [0.3, 0.4) is 0 Å². The fourth-order valence-corrected chi connectivity index (χ4v) is 4.49. The van der Waals surface area contributed by atoms with Crippen molar-refractivity contribution in [1.82, 2.24) is 9.80 Å². The third-order valence-electron chi connectivity index (χ3n) is 5.71. The number of hydrogen-bond donors (Lipinski definition) is 1. The molecule has 4 rings (SSSR count). The van der Waals surface area contributed by atoms with Crippen molar-refractivity contribution in [2.45, 2.75) is 32.9 Å². The van der Waals surface area contributed by atoms with Gasteiger partial charge in [-0.3, -0.25) is 4.79 Å². The second-order valence-corrected chi connectivity index (χ2v) is 9.53. The van der Waals surface area contributed by atoms with Crippen molar-refractivity contribution in [3.63, 3.8) is 0 Å². The van der Waals surface area contributed by atoms with Crippen molar-refractivity contribution in [1.29, 1.82) is 0 Å². The largest absolute Gasteiger partial charge is 0.492 e. The van der Waals surface area contributed by atoms with Crippen LogP contribution in [0, 0.1) is 5.92 Å². The summed E-state index contributed by atoms with van der Waals surface area (Å²) >= 11 is 1.63. The number of carbonyl (C=O) groups excluding carboxylic acids is 2. The number of nitrogens with one attached hydrogen (secondary N) is 1. The van der Waals surface area contributed by atoms with Gasteiger partial charge in [-0.15, -0.1) is 11.3 Å². The maximum absolute atomic E-state index is 13.5. The fourth-order valence-electron chi connectivity index (χ4n) is 3.77. The predicted octanol–water partition coefficient (Wildman–Crippen LogP) is 5.62. The molecule has 0 saturated heterocycles. The highest BCUT2D eigenvalue weighted by Crippen LogP contribution is 2.30. The summed E-state index contributed by atoms with van der Waals surface area (Å²) in [6, 6.07) is 21.1. The predicted molar refractivity (Wildman–Crippen MR) is 136 cm³/mol. The zero-order valence-corrected chi connectivity index (χ0v) is 20.3. The Balaban J connectivity index is 1.48. The molecule has 0 aliphatic heterocycles. The number of rotatable bonds is 11. The molecule has 0 radical (unpaired) electrons. The number of carbonyl (C=O) groups is 2. The van der Waals surface area contributed by atoms with Crippen LogP contribution in [0.2, 0.25) is 0 Å². The van der Waals surface area contributed by atoms with Crippen molar-refractivity contribution >= 4 is 29.0 Å². The summed E-state index contributed by atoms with van der Waals surface area (Å²) in [6.45, 7) is 4.06. The van der Waals surface area contributed by atoms with Gasteiger partial charge in [-0.05, 0) is 54.8 Å². The number of anilines is 1. The standard InChI is InChI=1S/C27H31N3O3S/c1-2-33-25-13-7-6-12-24(25)28-27(32)30(18-22-14-15-22)20-26(31)29(19-23-11-8-16-34-23)17-21-9-4-3-5-10-21/h3-13,16,22H,2,14-15,17-20H2,1H3,(H,28,32). The van der Waals surface area contributed by atoms with E-state index in [1.54, 1.807) is 16.2 Å². The van der Waals surface area contributed by atoms with Crippen LogP contribution < -0.4 is 10.1 Å². The summed E-state index contributed by atoms with van der Waals surface area (Å²) in [6.07, 6.45) is 2.19. The zero-order chi connectivity index (χ0) is 23.8. The number of urea groups is 1. The van der Waals surface area contributed by atoms with E-state index < -0.39 is 0 Å². The fraction of sp³-hybridized carbons (Fsp3) is 0.333. The van der Waals surface area contributed by atoms with E-state index in [0.29, 0.717) is 43.6 Å². The topological polar surface area (TPSA) is 61.9 Å². The Bertz CT molecular complexity index is 1070. The molecule has 1 N–H and O–H groups in total. The number of ether oxygens (including phenoxy) is 1. The Morgan fingerprint density at radius 3 is 2.44 bits per heavy atom. The average Bonchev–Trinajstić information content (AvgIpc) is 3.52. The van der Waals surface area contributed by atoms with Crippen molar-refractivity contribution in [3.05, 3.63) is 82.6 Å². The van der Waals surface area contributed by atoms with Gasteiger partial charge in [0.1, 0.15) is 12.3 Å². The summed E-state index contributed by atoms with van der Waals surface area (Å²) in [4.78, 5) is 31.4. The first-order valence-electron chi connectivity index (χ1n) is 11.7. The van der Waals surface area contributed by atoms with Crippen molar-refractivity contribution < 1.29 is 14.3 Å². The molecule has 6 nitrogen and oxygen atoms in total. The molecule has 0 atom stereocenters. The number of amides is 3. The van der Waals surface area contributed by atoms with Gasteiger partial charge in [0, 0.05) is 18.0 Å². The lowest BCUT2D eigenvalue weighted by molar-refractivity contribution is -0.133. The number of hydrogen-bond acceptors (Lipinski definition) is 4. The summed E-state index contributed by atoms with van der Waals surface area (Å²) in [5.41, 5.74) is 1.68. The Labute approximate surface area is 205 Å². The number of benzene rings is 2. The lowest BCUT2D eigenvalue weighted by Gasteiger charge is -2.28. The highest BCUT2D eigenvalue weighted by molar-refractivity contribution is 7.09. The van der Waals surface area contributed by atoms with Crippen LogP contribution in [0.5, 0.6) is 5.75 Å². The summed E-state index contributed by atoms with van der Waals surface area (Å²) in [5.74, 6) is 1.02. The van der Waals surface area contributed by atoms with Gasteiger partial charge in [-0.1, -0.05) is 48.5 Å². The molecular formula is C27H31N3O3S. The van der Waals surface area contributed by atoms with Crippen LogP contribution in [-0.4, -0.2) is 41.4 Å². The normalized spacial score (nSPS) is 12.7. The van der Waals surface area contributed by atoms with Crippen molar-refractivity contribution in [2.24, 2.45) is 5.92 Å². The first-order valence-corrected chi connectivity index (χ1v) is 12.6. The van der Waals surface area contributed by atoms with E-state index in [1.807, 2.05) is 83.9 Å². The van der Waals surface area contributed by atoms with Crippen LogP contribution >= 0.6 is 11.3 Å². The maximum Gasteiger partial charge on any atom is 0.322 e. The molecule has 2 aromatic carbocycles. The molecule has 3 aromatic rings. The Kier molecular flexibility index (Phi) is 8.20. The monoisotopic (exact) mass is 477 g/mol. The summed E-state index contributed by atoms with van der Waals surface area (Å²) in [5, 5.41) is 4.98. The van der Waals surface area contributed by atoms with E-state index in [4.69, 9.17) is 4.74 Å². The van der Waals surface area contributed by atoms with Gasteiger partial charge in [0.05, 0.1) is 18.8 Å². The Hall–Kier alpha value is -3.32. The van der Waals surface area contributed by atoms with Gasteiger partial charge in [0.25, 0.3) is 0 Å². The molecule has 1 aliphatic rings. The van der Waals surface area contributed by atoms with Crippen molar-refractivity contribution in [3.8, 4) is 5.75 Å². The first-order chi connectivity index (χ1) is 16.6. The Morgan fingerprint density at radius 2 is 1.74 bits per heavy atom. The van der Waals surface area contributed by atoms with E-state index in [0.717, 1.165) is 23.3 Å². The van der Waals surface area contributed by atoms with Gasteiger partial charge < -0.3 is 19.9 Å². The minimum absolute atomic E-state index is 0.0390. The molecule has 3 amide bonds. The first kappa shape index (κ1) is 23.8. The van der Waals surface area contributed by atoms with Crippen molar-refractivity contribution in [2.75, 3.05) is 25.0 Å². The molecule has 34 heavy (non-hydrogen) atoms. The smallest absolute Gasteiger partial charge is 0.322 e. The molecule has 1 heterocycles. The maximum atomic E-state index is 13.5. The molecule has 0 bridgehead atoms. The van der Waals surface area contributed by atoms with Gasteiger partial charge in [0.15, 0.2) is 0 Å². The summed E-state index contributed by atoms with van der Waals surface area (Å²) in [7, 11) is 0. The lowest BCUT2D eigenvalue weighted by Crippen LogP contribution is -2.45. The van der Waals surface area contributed by atoms with Gasteiger partial charge >= 0.3 is 6.03 Å². The van der Waals surface area contributed by atoms with Crippen LogP contribution in [0.1, 0.15) is 30.2 Å². The van der Waals surface area contributed by atoms with Crippen LogP contribution in [-0.2, 0) is 17.9 Å². The van der Waals surface area contributed by atoms with Crippen LogP contribution in [0.4, 0.5) is 10.5 Å². The molecule has 1 saturated carbocycles. The van der Waals surface area contributed by atoms with Crippen LogP contribution in [0.25, 0.3) is 0 Å². The Morgan fingerprint density at radius 1 is 0.971 bits per heavy atom. The van der Waals surface area contributed by atoms with E-state index in [1.165, 1.54) is 0 Å². The number of nitrogens with zero attached hydrogens (tertiary/aromatic N) is 2. The highest BCUT2D eigenvalue weighted by Gasteiger charge is 2.29. The third kappa shape index (κ3) is 6.84. The van der Waals surface area contributed by atoms with Gasteiger partial charge in [-0.25, -0.2) is 4.79 Å². The molecule has 1 aromatic heterocycles. The molecule has 1 aliphatic carbocycles. The van der Waals surface area contributed by atoms with E-state index in [9.17, 15) is 9.59 Å². The van der Waals surface area contributed by atoms with Gasteiger partial charge in [-0.2, -0.15) is 0 Å². The molecule has 7 heteroatoms. The minimum Gasteiger partial charge on any atom is -0.492 e. The molecule has 0 spiro atoms. The quantitative estimate of drug-likeness (QED) is 0.390. The summed E-state index contributed by atoms with van der Waals surface area (Å²) < 4.78 is 5.65. The highest BCUT2D eigenvalue weighted by atomic mass is 32.1. The van der Waals surface area contributed by atoms with E-state index in [2.05, 4.69) is 5.32 Å². The second kappa shape index (κ2) is 11.7. The zero-order valence-electron chi connectivity index (χ0n) is 19.5. The SMILES string of the molecule is CCOc1ccccc1NC(=O)N(CC(=O)N(Cc1ccccc1)Cc1cccs1)CC1CC1. The van der Waals surface area contributed by atoms with E-state index in [-0.39, 0.29) is 18.5 Å². The number of para-hydroxylation sites is 2. The molecule has 178 valence electrons. The molecule has 0 unspecified atom stereocenters.